The van der Waals surface area contributed by atoms with Gasteiger partial charge in [0.15, 0.2) is 0 Å². The Kier molecular flexibility index (Phi) is 7.97. The molecule has 11 heteroatoms. The van der Waals surface area contributed by atoms with Crippen molar-refractivity contribution in [3.8, 4) is 0 Å². The van der Waals surface area contributed by atoms with Crippen LogP contribution in [0.15, 0.2) is 70.5 Å². The number of benzene rings is 3. The van der Waals surface area contributed by atoms with E-state index in [-0.39, 0.29) is 23.5 Å². The summed E-state index contributed by atoms with van der Waals surface area (Å²) in [6.45, 7) is 7.08. The van der Waals surface area contributed by atoms with E-state index in [1.807, 2.05) is 37.3 Å². The number of amides is 1. The maximum absolute atomic E-state index is 14.2. The Bertz CT molecular complexity index is 1930. The molecule has 0 spiro atoms. The van der Waals surface area contributed by atoms with Crippen LogP contribution in [0.4, 0.5) is 5.69 Å². The smallest absolute Gasteiger partial charge is 0.338 e. The summed E-state index contributed by atoms with van der Waals surface area (Å²) in [7, 11) is 0. The SMILES string of the molecule is Cc1cc2c3c(c1)C(c1ccccc1)=NC(n1c(C)nc4cc(C(=O)OCC(O)CN5CCOCC5)ccc4c1=O)C(=O)N3CC2. The number of hydrogen-bond acceptors (Lipinski definition) is 9. The summed E-state index contributed by atoms with van der Waals surface area (Å²) >= 11 is 0. The number of hydrogen-bond donors (Lipinski definition) is 1. The third-order valence-electron chi connectivity index (χ3n) is 8.79. The number of aliphatic hydroxyl groups excluding tert-OH is 1. The van der Waals surface area contributed by atoms with Gasteiger partial charge in [-0.2, -0.15) is 0 Å². The van der Waals surface area contributed by atoms with Crippen molar-refractivity contribution in [1.29, 1.82) is 0 Å². The summed E-state index contributed by atoms with van der Waals surface area (Å²) in [5.74, 6) is -0.627. The molecule has 2 unspecified atom stereocenters. The van der Waals surface area contributed by atoms with Crippen molar-refractivity contribution < 1.29 is 24.2 Å². The third kappa shape index (κ3) is 5.51. The van der Waals surface area contributed by atoms with E-state index in [1.165, 1.54) is 22.8 Å². The molecular weight excluding hydrogens is 586 g/mol. The van der Waals surface area contributed by atoms with Gasteiger partial charge in [0.2, 0.25) is 6.17 Å². The highest BCUT2D eigenvalue weighted by Gasteiger charge is 2.38. The Balaban J connectivity index is 1.22. The highest BCUT2D eigenvalue weighted by molar-refractivity contribution is 6.20. The van der Waals surface area contributed by atoms with Gasteiger partial charge in [-0.3, -0.25) is 19.1 Å². The van der Waals surface area contributed by atoms with E-state index < -0.39 is 23.8 Å². The average molecular weight is 622 g/mol. The molecule has 0 bridgehead atoms. The number of rotatable bonds is 7. The Hall–Kier alpha value is -4.71. The summed E-state index contributed by atoms with van der Waals surface area (Å²) in [6.07, 6.45) is -1.29. The van der Waals surface area contributed by atoms with Gasteiger partial charge in [-0.05, 0) is 50.1 Å². The molecule has 2 atom stereocenters. The van der Waals surface area contributed by atoms with E-state index in [1.54, 1.807) is 11.8 Å². The van der Waals surface area contributed by atoms with Crippen molar-refractivity contribution >= 4 is 34.2 Å². The Morgan fingerprint density at radius 2 is 1.83 bits per heavy atom. The van der Waals surface area contributed by atoms with Crippen molar-refractivity contribution in [2.24, 2.45) is 4.99 Å². The zero-order valence-corrected chi connectivity index (χ0v) is 25.8. The molecule has 1 amide bonds. The first kappa shape index (κ1) is 30.0. The number of aryl methyl sites for hydroxylation is 2. The lowest BCUT2D eigenvalue weighted by Crippen LogP contribution is -2.42. The number of esters is 1. The maximum Gasteiger partial charge on any atom is 0.338 e. The number of aliphatic hydroxyl groups is 1. The van der Waals surface area contributed by atoms with Crippen LogP contribution in [0.2, 0.25) is 0 Å². The molecule has 0 aliphatic carbocycles. The summed E-state index contributed by atoms with van der Waals surface area (Å²) in [4.78, 5) is 54.7. The van der Waals surface area contributed by atoms with E-state index in [0.717, 1.165) is 47.5 Å². The van der Waals surface area contributed by atoms with Crippen LogP contribution in [-0.2, 0) is 20.7 Å². The number of carbonyl (C=O) groups is 2. The van der Waals surface area contributed by atoms with E-state index >= 15 is 0 Å². The average Bonchev–Trinajstić information content (AvgIpc) is 3.44. The molecule has 4 heterocycles. The minimum atomic E-state index is -1.17. The maximum atomic E-state index is 14.2. The van der Waals surface area contributed by atoms with E-state index in [4.69, 9.17) is 14.5 Å². The van der Waals surface area contributed by atoms with Crippen LogP contribution in [0.1, 0.15) is 44.6 Å². The lowest BCUT2D eigenvalue weighted by Gasteiger charge is -2.28. The standard InChI is InChI=1S/C35H35N5O6/c1-21-16-24-10-11-39-31(24)28(17-21)30(23-6-4-3-5-7-23)37-32(34(39)43)40-22(2)36-29-18-25(8-9-27(29)33(40)42)35(44)46-20-26(41)19-38-12-14-45-15-13-38/h3-9,16-18,26,32,41H,10-15,19-20H2,1-2H3. The zero-order chi connectivity index (χ0) is 31.9. The van der Waals surface area contributed by atoms with E-state index in [9.17, 15) is 19.5 Å². The van der Waals surface area contributed by atoms with E-state index in [0.29, 0.717) is 43.4 Å². The Morgan fingerprint density at radius 1 is 1.04 bits per heavy atom. The van der Waals surface area contributed by atoms with Gasteiger partial charge < -0.3 is 19.5 Å². The molecule has 0 radical (unpaired) electrons. The van der Waals surface area contributed by atoms with Gasteiger partial charge in [0.1, 0.15) is 18.5 Å². The summed E-state index contributed by atoms with van der Waals surface area (Å²) < 4.78 is 12.1. The van der Waals surface area contributed by atoms with Gasteiger partial charge in [-0.1, -0.05) is 42.0 Å². The predicted molar refractivity (Wildman–Crippen MR) is 173 cm³/mol. The van der Waals surface area contributed by atoms with Gasteiger partial charge in [0.05, 0.1) is 41.1 Å². The fraction of sp³-hybridized carbons (Fsp3) is 0.343. The van der Waals surface area contributed by atoms with Crippen molar-refractivity contribution in [2.75, 3.05) is 50.9 Å². The first-order valence-corrected chi connectivity index (χ1v) is 15.5. The minimum Gasteiger partial charge on any atom is -0.459 e. The molecule has 0 saturated carbocycles. The highest BCUT2D eigenvalue weighted by Crippen LogP contribution is 2.39. The topological polar surface area (TPSA) is 127 Å². The molecule has 46 heavy (non-hydrogen) atoms. The molecule has 11 nitrogen and oxygen atoms in total. The Labute approximate surface area is 265 Å². The number of β-amino-alcohol motifs (C(OH)–C–C–N with tert-alkyl or cyclic N) is 1. The van der Waals surface area contributed by atoms with Crippen LogP contribution in [0.5, 0.6) is 0 Å². The third-order valence-corrected chi connectivity index (χ3v) is 8.79. The predicted octanol–water partition coefficient (Wildman–Crippen LogP) is 2.80. The molecule has 1 fully saturated rings. The number of carbonyl (C=O) groups excluding carboxylic acids is 2. The number of nitrogens with zero attached hydrogens (tertiary/aromatic N) is 5. The lowest BCUT2D eigenvalue weighted by molar-refractivity contribution is -0.121. The largest absolute Gasteiger partial charge is 0.459 e. The van der Waals surface area contributed by atoms with Crippen molar-refractivity contribution in [3.05, 3.63) is 105 Å². The summed E-state index contributed by atoms with van der Waals surface area (Å²) in [5.41, 5.74) is 5.44. The minimum absolute atomic E-state index is 0.159. The van der Waals surface area contributed by atoms with Crippen LogP contribution in [-0.4, -0.2) is 89.2 Å². The molecule has 3 aliphatic heterocycles. The van der Waals surface area contributed by atoms with Gasteiger partial charge in [-0.15, -0.1) is 0 Å². The van der Waals surface area contributed by atoms with Crippen LogP contribution < -0.4 is 10.5 Å². The van der Waals surface area contributed by atoms with Gasteiger partial charge in [-0.25, -0.2) is 14.8 Å². The number of fused-ring (bicyclic) bond motifs is 1. The fourth-order valence-corrected chi connectivity index (χ4v) is 6.60. The number of anilines is 1. The Morgan fingerprint density at radius 3 is 2.61 bits per heavy atom. The number of ether oxygens (including phenoxy) is 2. The molecule has 4 aromatic rings. The highest BCUT2D eigenvalue weighted by atomic mass is 16.5. The summed E-state index contributed by atoms with van der Waals surface area (Å²) in [5, 5.41) is 10.6. The molecule has 1 saturated heterocycles. The van der Waals surface area contributed by atoms with Crippen LogP contribution in [0, 0.1) is 13.8 Å². The quantitative estimate of drug-likeness (QED) is 0.313. The second kappa shape index (κ2) is 12.2. The van der Waals surface area contributed by atoms with Crippen molar-refractivity contribution in [2.45, 2.75) is 32.5 Å². The van der Waals surface area contributed by atoms with Gasteiger partial charge in [0.25, 0.3) is 11.5 Å². The van der Waals surface area contributed by atoms with Crippen LogP contribution in [0.25, 0.3) is 10.9 Å². The van der Waals surface area contributed by atoms with Crippen LogP contribution >= 0.6 is 0 Å². The molecular formula is C35H35N5O6. The molecule has 3 aromatic carbocycles. The number of aliphatic imine (C=N–C) groups is 1. The molecule has 1 aromatic heterocycles. The first-order valence-electron chi connectivity index (χ1n) is 15.5. The second-order valence-electron chi connectivity index (χ2n) is 12.0. The molecule has 236 valence electrons. The molecule has 3 aliphatic rings. The first-order chi connectivity index (χ1) is 22.3. The van der Waals surface area contributed by atoms with E-state index in [2.05, 4.69) is 22.0 Å². The number of aromatic nitrogens is 2. The number of morpholine rings is 1. The molecule has 7 rings (SSSR count). The fourth-order valence-electron chi connectivity index (χ4n) is 6.60. The van der Waals surface area contributed by atoms with Crippen molar-refractivity contribution in [1.82, 2.24) is 14.5 Å². The van der Waals surface area contributed by atoms with Crippen LogP contribution in [0.3, 0.4) is 0 Å². The second-order valence-corrected chi connectivity index (χ2v) is 12.0. The monoisotopic (exact) mass is 621 g/mol. The molecule has 1 N–H and O–H groups in total. The van der Waals surface area contributed by atoms with Gasteiger partial charge in [0, 0.05) is 37.3 Å². The lowest BCUT2D eigenvalue weighted by atomic mass is 9.96. The van der Waals surface area contributed by atoms with Gasteiger partial charge >= 0.3 is 5.97 Å². The summed E-state index contributed by atoms with van der Waals surface area (Å²) in [6, 6.07) is 18.4. The zero-order valence-electron chi connectivity index (χ0n) is 25.8. The van der Waals surface area contributed by atoms with Crippen molar-refractivity contribution in [3.63, 3.8) is 0 Å². The normalized spacial score (nSPS) is 18.7.